The van der Waals surface area contributed by atoms with E-state index in [1.807, 2.05) is 55.6 Å². The molecule has 3 aliphatic rings. The van der Waals surface area contributed by atoms with E-state index in [0.717, 1.165) is 22.6 Å². The van der Waals surface area contributed by atoms with Crippen LogP contribution in [-0.2, 0) is 19.9 Å². The number of anilines is 2. The molecule has 2 aromatic carbocycles. The normalized spacial score (nSPS) is 28.1. The number of amides is 3. The molecule has 7 heteroatoms. The summed E-state index contributed by atoms with van der Waals surface area (Å²) in [6, 6.07) is 16.4. The lowest BCUT2D eigenvalue weighted by Gasteiger charge is -2.30. The van der Waals surface area contributed by atoms with Crippen LogP contribution >= 0.6 is 11.8 Å². The maximum Gasteiger partial charge on any atom is 0.253 e. The van der Waals surface area contributed by atoms with E-state index in [2.05, 4.69) is 11.9 Å². The quantitative estimate of drug-likeness (QED) is 0.528. The number of nitrogens with zero attached hydrogens (tertiary/aromatic N) is 2. The van der Waals surface area contributed by atoms with Gasteiger partial charge in [0.1, 0.15) is 5.54 Å². The van der Waals surface area contributed by atoms with Crippen LogP contribution in [0.25, 0.3) is 0 Å². The van der Waals surface area contributed by atoms with Crippen molar-refractivity contribution >= 4 is 40.9 Å². The van der Waals surface area contributed by atoms with E-state index in [9.17, 15) is 14.4 Å². The molecule has 170 valence electrons. The zero-order chi connectivity index (χ0) is 23.3. The highest BCUT2D eigenvalue weighted by molar-refractivity contribution is 7.98. The monoisotopic (exact) mass is 461 g/mol. The number of imide groups is 1. The van der Waals surface area contributed by atoms with Gasteiger partial charge < -0.3 is 4.90 Å². The number of para-hydroxylation sites is 2. The van der Waals surface area contributed by atoms with Gasteiger partial charge in [0.15, 0.2) is 0 Å². The zero-order valence-corrected chi connectivity index (χ0v) is 19.6. The molecule has 5 rings (SSSR count). The van der Waals surface area contributed by atoms with Crippen LogP contribution in [0.3, 0.4) is 0 Å². The Bertz CT molecular complexity index is 1150. The highest BCUT2D eigenvalue weighted by Crippen LogP contribution is 2.55. The third kappa shape index (κ3) is 3.09. The number of fused-ring (bicyclic) bond motifs is 4. The van der Waals surface area contributed by atoms with Crippen molar-refractivity contribution in [1.29, 1.82) is 0 Å². The lowest BCUT2D eigenvalue weighted by atomic mass is 9.76. The fraction of sp³-hybridized carbons (Fsp3) is 0.346. The van der Waals surface area contributed by atoms with Crippen LogP contribution in [0.15, 0.2) is 66.7 Å². The van der Waals surface area contributed by atoms with Crippen molar-refractivity contribution in [2.24, 2.45) is 11.8 Å². The van der Waals surface area contributed by atoms with Gasteiger partial charge in [0, 0.05) is 23.8 Å². The van der Waals surface area contributed by atoms with E-state index in [1.54, 1.807) is 28.8 Å². The number of carbonyl (C=O) groups is 3. The Morgan fingerprint density at radius 2 is 1.76 bits per heavy atom. The predicted molar refractivity (Wildman–Crippen MR) is 131 cm³/mol. The van der Waals surface area contributed by atoms with Crippen molar-refractivity contribution in [1.82, 2.24) is 5.32 Å². The Balaban J connectivity index is 1.67. The fourth-order valence-electron chi connectivity index (χ4n) is 5.70. The molecule has 0 unspecified atom stereocenters. The lowest BCUT2D eigenvalue weighted by molar-refractivity contribution is -0.132. The van der Waals surface area contributed by atoms with Crippen LogP contribution in [-0.4, -0.2) is 42.3 Å². The van der Waals surface area contributed by atoms with Crippen LogP contribution < -0.4 is 15.1 Å². The molecule has 2 saturated heterocycles. The van der Waals surface area contributed by atoms with Gasteiger partial charge in [-0.15, -0.1) is 0 Å². The van der Waals surface area contributed by atoms with Crippen molar-refractivity contribution in [2.45, 2.75) is 24.9 Å². The van der Waals surface area contributed by atoms with Gasteiger partial charge in [-0.05, 0) is 43.6 Å². The van der Waals surface area contributed by atoms with Gasteiger partial charge >= 0.3 is 0 Å². The van der Waals surface area contributed by atoms with Crippen LogP contribution in [0.5, 0.6) is 0 Å². The molecular formula is C26H27N3O3S. The standard InChI is InChI=1S/C26H27N3O3S/c1-16(2)15-28-20-12-8-7-11-18(20)26(25(28)32)22-21(19(27-26)13-14-33-3)23(30)29(24(22)31)17-9-5-4-6-10-17/h4-12,19,21-22,27H,1,13-15H2,2-3H3/t19-,21-,22+,26+/m1/s1. The maximum atomic E-state index is 14.1. The summed E-state index contributed by atoms with van der Waals surface area (Å²) in [5.74, 6) is -1.27. The summed E-state index contributed by atoms with van der Waals surface area (Å²) in [5, 5.41) is 3.54. The molecule has 3 heterocycles. The van der Waals surface area contributed by atoms with E-state index < -0.39 is 17.4 Å². The molecule has 33 heavy (non-hydrogen) atoms. The van der Waals surface area contributed by atoms with Gasteiger partial charge in [-0.3, -0.25) is 19.7 Å². The second kappa shape index (κ2) is 8.15. The predicted octanol–water partition coefficient (Wildman–Crippen LogP) is 3.34. The molecule has 0 saturated carbocycles. The third-order valence-electron chi connectivity index (χ3n) is 6.94. The minimum absolute atomic E-state index is 0.176. The van der Waals surface area contributed by atoms with Crippen LogP contribution in [0.4, 0.5) is 11.4 Å². The summed E-state index contributed by atoms with van der Waals surface area (Å²) >= 11 is 1.69. The number of benzene rings is 2. The van der Waals surface area contributed by atoms with Crippen molar-refractivity contribution in [3.8, 4) is 0 Å². The second-order valence-corrected chi connectivity index (χ2v) is 10.0. The molecule has 6 nitrogen and oxygen atoms in total. The molecule has 1 spiro atoms. The number of thioether (sulfide) groups is 1. The SMILES string of the molecule is C=C(C)CN1C(=O)[C@]2(N[C@H](CCSC)[C@H]3C(=O)N(c4ccccc4)C(=O)[C@H]32)c2ccccc21. The first kappa shape index (κ1) is 21.9. The van der Waals surface area contributed by atoms with Gasteiger partial charge in [-0.25, -0.2) is 4.90 Å². The Labute approximate surface area is 198 Å². The molecule has 0 aromatic heterocycles. The molecule has 0 aliphatic carbocycles. The van der Waals surface area contributed by atoms with E-state index in [-0.39, 0.29) is 23.8 Å². The zero-order valence-electron chi connectivity index (χ0n) is 18.8. The Hall–Kier alpha value is -2.90. The number of nitrogens with one attached hydrogen (secondary N) is 1. The number of rotatable bonds is 6. The first-order chi connectivity index (χ1) is 15.9. The number of carbonyl (C=O) groups excluding carboxylic acids is 3. The van der Waals surface area contributed by atoms with Gasteiger partial charge in [0.2, 0.25) is 11.8 Å². The largest absolute Gasteiger partial charge is 0.306 e. The van der Waals surface area contributed by atoms with Gasteiger partial charge in [0.05, 0.1) is 17.5 Å². The smallest absolute Gasteiger partial charge is 0.253 e. The maximum absolute atomic E-state index is 14.1. The highest BCUT2D eigenvalue weighted by Gasteiger charge is 2.71. The summed E-state index contributed by atoms with van der Waals surface area (Å²) in [4.78, 5) is 44.8. The molecule has 4 atom stereocenters. The molecule has 0 bridgehead atoms. The van der Waals surface area contributed by atoms with Gasteiger partial charge in [-0.2, -0.15) is 11.8 Å². The van der Waals surface area contributed by atoms with E-state index in [4.69, 9.17) is 0 Å². The van der Waals surface area contributed by atoms with Gasteiger partial charge in [0.25, 0.3) is 5.91 Å². The van der Waals surface area contributed by atoms with Crippen molar-refractivity contribution < 1.29 is 14.4 Å². The van der Waals surface area contributed by atoms with Gasteiger partial charge in [-0.1, -0.05) is 48.6 Å². The fourth-order valence-corrected chi connectivity index (χ4v) is 6.19. The third-order valence-corrected chi connectivity index (χ3v) is 7.59. The van der Waals surface area contributed by atoms with Crippen molar-refractivity contribution in [2.75, 3.05) is 28.4 Å². The average Bonchev–Trinajstić information content (AvgIpc) is 3.37. The highest BCUT2D eigenvalue weighted by atomic mass is 32.2. The first-order valence-corrected chi connectivity index (χ1v) is 12.6. The van der Waals surface area contributed by atoms with Crippen LogP contribution in [0, 0.1) is 11.8 Å². The minimum Gasteiger partial charge on any atom is -0.306 e. The molecular weight excluding hydrogens is 434 g/mol. The minimum atomic E-state index is -1.25. The summed E-state index contributed by atoms with van der Waals surface area (Å²) in [6.07, 6.45) is 2.71. The second-order valence-electron chi connectivity index (χ2n) is 9.06. The number of hydrogen-bond donors (Lipinski definition) is 1. The van der Waals surface area contributed by atoms with Crippen LogP contribution in [0.2, 0.25) is 0 Å². The number of hydrogen-bond acceptors (Lipinski definition) is 5. The van der Waals surface area contributed by atoms with Crippen molar-refractivity contribution in [3.63, 3.8) is 0 Å². The average molecular weight is 462 g/mol. The Kier molecular flexibility index (Phi) is 5.41. The van der Waals surface area contributed by atoms with E-state index in [0.29, 0.717) is 18.7 Å². The van der Waals surface area contributed by atoms with E-state index in [1.165, 1.54) is 4.90 Å². The summed E-state index contributed by atoms with van der Waals surface area (Å²) in [6.45, 7) is 6.25. The molecule has 3 amide bonds. The van der Waals surface area contributed by atoms with Crippen LogP contribution in [0.1, 0.15) is 18.9 Å². The van der Waals surface area contributed by atoms with Crippen molar-refractivity contribution in [3.05, 3.63) is 72.3 Å². The molecule has 2 fully saturated rings. The lowest BCUT2D eigenvalue weighted by Crippen LogP contribution is -2.55. The summed E-state index contributed by atoms with van der Waals surface area (Å²) in [7, 11) is 0. The summed E-state index contributed by atoms with van der Waals surface area (Å²) in [5.41, 5.74) is 1.70. The Morgan fingerprint density at radius 3 is 2.45 bits per heavy atom. The Morgan fingerprint density at radius 1 is 1.06 bits per heavy atom. The molecule has 1 N–H and O–H groups in total. The molecule has 3 aliphatic heterocycles. The summed E-state index contributed by atoms with van der Waals surface area (Å²) < 4.78 is 0. The first-order valence-electron chi connectivity index (χ1n) is 11.2. The molecule has 2 aromatic rings. The van der Waals surface area contributed by atoms with E-state index >= 15 is 0 Å². The topological polar surface area (TPSA) is 69.7 Å². The molecule has 0 radical (unpaired) electrons.